The standard InChI is InChI=1S/C14H22N4O/c1-9(2)17-5-4-16-13(14(17)19)18-8-11-6-15-7-12(11)10(18)3/h4-5,9-12,15H,6-8H2,1-3H3. The van der Waals surface area contributed by atoms with Gasteiger partial charge in [0.25, 0.3) is 5.56 Å². The van der Waals surface area contributed by atoms with E-state index in [4.69, 9.17) is 0 Å². The van der Waals surface area contributed by atoms with Gasteiger partial charge in [0.15, 0.2) is 5.82 Å². The Morgan fingerprint density at radius 3 is 2.89 bits per heavy atom. The molecule has 0 bridgehead atoms. The normalized spacial score (nSPS) is 30.1. The summed E-state index contributed by atoms with van der Waals surface area (Å²) in [5, 5.41) is 3.44. The van der Waals surface area contributed by atoms with E-state index >= 15 is 0 Å². The van der Waals surface area contributed by atoms with Gasteiger partial charge in [-0.1, -0.05) is 0 Å². The van der Waals surface area contributed by atoms with Crippen molar-refractivity contribution in [2.24, 2.45) is 11.8 Å². The summed E-state index contributed by atoms with van der Waals surface area (Å²) in [5.74, 6) is 1.93. The molecule has 0 saturated carbocycles. The molecule has 0 amide bonds. The largest absolute Gasteiger partial charge is 0.349 e. The zero-order chi connectivity index (χ0) is 13.6. The number of nitrogens with zero attached hydrogens (tertiary/aromatic N) is 3. The lowest BCUT2D eigenvalue weighted by molar-refractivity contribution is 0.470. The van der Waals surface area contributed by atoms with Crippen molar-refractivity contribution >= 4 is 5.82 Å². The molecule has 2 saturated heterocycles. The molecule has 1 aromatic rings. The zero-order valence-electron chi connectivity index (χ0n) is 11.8. The second kappa shape index (κ2) is 4.63. The third kappa shape index (κ3) is 1.96. The highest BCUT2D eigenvalue weighted by Crippen LogP contribution is 2.33. The molecule has 5 nitrogen and oxygen atoms in total. The van der Waals surface area contributed by atoms with Crippen LogP contribution >= 0.6 is 0 Å². The Balaban J connectivity index is 1.95. The van der Waals surface area contributed by atoms with Crippen LogP contribution in [0.5, 0.6) is 0 Å². The van der Waals surface area contributed by atoms with E-state index in [-0.39, 0.29) is 11.6 Å². The molecule has 1 N–H and O–H groups in total. The van der Waals surface area contributed by atoms with Crippen molar-refractivity contribution in [1.82, 2.24) is 14.9 Å². The summed E-state index contributed by atoms with van der Waals surface area (Å²) < 4.78 is 1.77. The zero-order valence-corrected chi connectivity index (χ0v) is 11.8. The van der Waals surface area contributed by atoms with Crippen LogP contribution in [-0.4, -0.2) is 35.2 Å². The van der Waals surface area contributed by atoms with Crippen molar-refractivity contribution in [2.45, 2.75) is 32.9 Å². The SMILES string of the molecule is CC1C2CNCC2CN1c1nccn(C(C)C)c1=O. The van der Waals surface area contributed by atoms with Crippen LogP contribution in [0.2, 0.25) is 0 Å². The van der Waals surface area contributed by atoms with E-state index < -0.39 is 0 Å². The quantitative estimate of drug-likeness (QED) is 0.859. The lowest BCUT2D eigenvalue weighted by Crippen LogP contribution is -2.39. The minimum absolute atomic E-state index is 0.0392. The number of rotatable bonds is 2. The number of hydrogen-bond acceptors (Lipinski definition) is 4. The van der Waals surface area contributed by atoms with E-state index in [0.29, 0.717) is 23.7 Å². The second-order valence-corrected chi connectivity index (χ2v) is 6.03. The maximum absolute atomic E-state index is 12.5. The first-order valence-electron chi connectivity index (χ1n) is 7.14. The first-order valence-corrected chi connectivity index (χ1v) is 7.14. The summed E-state index contributed by atoms with van der Waals surface area (Å²) in [6, 6.07) is 0.566. The van der Waals surface area contributed by atoms with Crippen molar-refractivity contribution < 1.29 is 0 Å². The monoisotopic (exact) mass is 262 g/mol. The van der Waals surface area contributed by atoms with Crippen LogP contribution in [-0.2, 0) is 0 Å². The van der Waals surface area contributed by atoms with E-state index in [1.807, 2.05) is 13.8 Å². The van der Waals surface area contributed by atoms with Crippen LogP contribution < -0.4 is 15.8 Å². The molecule has 0 radical (unpaired) electrons. The fourth-order valence-corrected chi connectivity index (χ4v) is 3.47. The average molecular weight is 262 g/mol. The molecule has 3 atom stereocenters. The number of hydrogen-bond donors (Lipinski definition) is 1. The van der Waals surface area contributed by atoms with Gasteiger partial charge >= 0.3 is 0 Å². The lowest BCUT2D eigenvalue weighted by Gasteiger charge is -2.25. The minimum Gasteiger partial charge on any atom is -0.349 e. The molecule has 2 aliphatic rings. The predicted molar refractivity (Wildman–Crippen MR) is 75.5 cm³/mol. The molecule has 1 aromatic heterocycles. The predicted octanol–water partition coefficient (Wildman–Crippen LogP) is 0.868. The maximum atomic E-state index is 12.5. The van der Waals surface area contributed by atoms with Gasteiger partial charge in [-0.3, -0.25) is 4.79 Å². The Labute approximate surface area is 113 Å². The molecular formula is C14H22N4O. The summed E-state index contributed by atoms with van der Waals surface area (Å²) in [7, 11) is 0. The van der Waals surface area contributed by atoms with E-state index in [0.717, 1.165) is 19.6 Å². The van der Waals surface area contributed by atoms with Crippen molar-refractivity contribution in [3.8, 4) is 0 Å². The van der Waals surface area contributed by atoms with Crippen LogP contribution in [0, 0.1) is 11.8 Å². The van der Waals surface area contributed by atoms with E-state index in [1.54, 1.807) is 17.0 Å². The van der Waals surface area contributed by atoms with Gasteiger partial charge in [0.2, 0.25) is 0 Å². The Hall–Kier alpha value is -1.36. The van der Waals surface area contributed by atoms with Crippen molar-refractivity contribution in [3.63, 3.8) is 0 Å². The van der Waals surface area contributed by atoms with E-state index in [2.05, 4.69) is 22.1 Å². The molecule has 0 aliphatic carbocycles. The van der Waals surface area contributed by atoms with E-state index in [1.165, 1.54) is 0 Å². The summed E-state index contributed by atoms with van der Waals surface area (Å²) >= 11 is 0. The molecule has 19 heavy (non-hydrogen) atoms. The summed E-state index contributed by atoms with van der Waals surface area (Å²) in [5.41, 5.74) is 0.0392. The van der Waals surface area contributed by atoms with Crippen molar-refractivity contribution in [2.75, 3.05) is 24.5 Å². The van der Waals surface area contributed by atoms with Crippen LogP contribution in [0.25, 0.3) is 0 Å². The number of aromatic nitrogens is 2. The molecule has 5 heteroatoms. The highest BCUT2D eigenvalue weighted by molar-refractivity contribution is 5.40. The second-order valence-electron chi connectivity index (χ2n) is 6.03. The molecule has 3 unspecified atom stereocenters. The average Bonchev–Trinajstić information content (AvgIpc) is 2.93. The lowest BCUT2D eigenvalue weighted by atomic mass is 9.95. The number of nitrogens with one attached hydrogen (secondary N) is 1. The number of anilines is 1. The molecule has 0 aromatic carbocycles. The third-order valence-corrected chi connectivity index (χ3v) is 4.61. The van der Waals surface area contributed by atoms with Gasteiger partial charge in [0, 0.05) is 44.1 Å². The molecule has 3 rings (SSSR count). The van der Waals surface area contributed by atoms with E-state index in [9.17, 15) is 4.79 Å². The molecule has 2 fully saturated rings. The van der Waals surface area contributed by atoms with Gasteiger partial charge in [0.1, 0.15) is 0 Å². The topological polar surface area (TPSA) is 50.2 Å². The molecule has 2 aliphatic heterocycles. The van der Waals surface area contributed by atoms with Gasteiger partial charge < -0.3 is 14.8 Å². The summed E-state index contributed by atoms with van der Waals surface area (Å²) in [6.45, 7) is 9.34. The van der Waals surface area contributed by atoms with Gasteiger partial charge in [-0.05, 0) is 32.6 Å². The highest BCUT2D eigenvalue weighted by Gasteiger charge is 2.43. The van der Waals surface area contributed by atoms with Crippen molar-refractivity contribution in [1.29, 1.82) is 0 Å². The van der Waals surface area contributed by atoms with Gasteiger partial charge in [-0.15, -0.1) is 0 Å². The maximum Gasteiger partial charge on any atom is 0.293 e. The minimum atomic E-state index is 0.0392. The first-order chi connectivity index (χ1) is 9.09. The van der Waals surface area contributed by atoms with Gasteiger partial charge in [0.05, 0.1) is 0 Å². The highest BCUT2D eigenvalue weighted by atomic mass is 16.1. The Morgan fingerprint density at radius 2 is 2.21 bits per heavy atom. The van der Waals surface area contributed by atoms with Gasteiger partial charge in [-0.25, -0.2) is 4.98 Å². The number of fused-ring (bicyclic) bond motifs is 1. The van der Waals surface area contributed by atoms with Gasteiger partial charge in [-0.2, -0.15) is 0 Å². The Morgan fingerprint density at radius 1 is 1.42 bits per heavy atom. The van der Waals surface area contributed by atoms with Crippen molar-refractivity contribution in [3.05, 3.63) is 22.7 Å². The smallest absolute Gasteiger partial charge is 0.293 e. The van der Waals surface area contributed by atoms with Crippen LogP contribution in [0.4, 0.5) is 5.82 Å². The van der Waals surface area contributed by atoms with Crippen LogP contribution in [0.1, 0.15) is 26.8 Å². The Kier molecular flexibility index (Phi) is 3.09. The molecule has 104 valence electrons. The molecule has 3 heterocycles. The summed E-state index contributed by atoms with van der Waals surface area (Å²) in [4.78, 5) is 19.1. The van der Waals surface area contributed by atoms with Crippen LogP contribution in [0.3, 0.4) is 0 Å². The molecular weight excluding hydrogens is 240 g/mol. The molecule has 0 spiro atoms. The third-order valence-electron chi connectivity index (χ3n) is 4.61. The van der Waals surface area contributed by atoms with Crippen LogP contribution in [0.15, 0.2) is 17.2 Å². The fourth-order valence-electron chi connectivity index (χ4n) is 3.47. The fraction of sp³-hybridized carbons (Fsp3) is 0.714. The first kappa shape index (κ1) is 12.7. The Bertz CT molecular complexity index is 524. The summed E-state index contributed by atoms with van der Waals surface area (Å²) in [6.07, 6.45) is 3.52.